The van der Waals surface area contributed by atoms with Crippen molar-refractivity contribution in [3.8, 4) is 0 Å². The van der Waals surface area contributed by atoms with E-state index in [1.54, 1.807) is 6.20 Å². The van der Waals surface area contributed by atoms with Crippen LogP contribution >= 0.6 is 0 Å². The molecule has 5 heteroatoms. The first-order valence-electron chi connectivity index (χ1n) is 6.69. The molecule has 1 saturated carbocycles. The summed E-state index contributed by atoms with van der Waals surface area (Å²) in [4.78, 5) is 14.6. The summed E-state index contributed by atoms with van der Waals surface area (Å²) in [6.45, 7) is 1.62. The van der Waals surface area contributed by atoms with Gasteiger partial charge in [0.15, 0.2) is 0 Å². The predicted octanol–water partition coefficient (Wildman–Crippen LogP) is 0.900. The average molecular weight is 248 g/mol. The molecule has 2 N–H and O–H groups in total. The van der Waals surface area contributed by atoms with Crippen LogP contribution in [-0.4, -0.2) is 40.6 Å². The van der Waals surface area contributed by atoms with Gasteiger partial charge in [0, 0.05) is 31.4 Å². The van der Waals surface area contributed by atoms with E-state index in [0.29, 0.717) is 18.5 Å². The van der Waals surface area contributed by atoms with Gasteiger partial charge in [-0.2, -0.15) is 5.10 Å². The molecule has 5 nitrogen and oxygen atoms in total. The Morgan fingerprint density at radius 1 is 1.61 bits per heavy atom. The van der Waals surface area contributed by atoms with Crippen molar-refractivity contribution in [1.29, 1.82) is 0 Å². The standard InChI is InChI=1S/C13H20N4O/c1-17(9-10-7-15-16-8-10)12(18)13-4-2-3-11(13)14-6-5-13/h7-8,11,14H,2-6,9H2,1H3,(H,15,16)/t11-,13+/m1/s1. The van der Waals surface area contributed by atoms with Gasteiger partial charge in [0.1, 0.15) is 0 Å². The van der Waals surface area contributed by atoms with Crippen LogP contribution in [0.1, 0.15) is 31.2 Å². The molecule has 2 atom stereocenters. The van der Waals surface area contributed by atoms with Crippen LogP contribution < -0.4 is 5.32 Å². The maximum Gasteiger partial charge on any atom is 0.230 e. The van der Waals surface area contributed by atoms with Crippen molar-refractivity contribution < 1.29 is 4.79 Å². The first kappa shape index (κ1) is 11.7. The van der Waals surface area contributed by atoms with Gasteiger partial charge in [-0.15, -0.1) is 0 Å². The Balaban J connectivity index is 1.73. The molecule has 18 heavy (non-hydrogen) atoms. The summed E-state index contributed by atoms with van der Waals surface area (Å²) in [6.07, 6.45) is 7.97. The highest BCUT2D eigenvalue weighted by Gasteiger charge is 2.52. The Kier molecular flexibility index (Phi) is 2.86. The first-order valence-corrected chi connectivity index (χ1v) is 6.69. The van der Waals surface area contributed by atoms with Gasteiger partial charge in [-0.3, -0.25) is 9.89 Å². The van der Waals surface area contributed by atoms with Gasteiger partial charge < -0.3 is 10.2 Å². The summed E-state index contributed by atoms with van der Waals surface area (Å²) in [7, 11) is 1.90. The van der Waals surface area contributed by atoms with E-state index in [2.05, 4.69) is 15.5 Å². The Labute approximate surface area is 107 Å². The van der Waals surface area contributed by atoms with Gasteiger partial charge in [0.05, 0.1) is 11.6 Å². The molecule has 1 aromatic heterocycles. The number of amides is 1. The van der Waals surface area contributed by atoms with Crippen LogP contribution in [0.5, 0.6) is 0 Å². The molecule has 1 aliphatic heterocycles. The van der Waals surface area contributed by atoms with Crippen LogP contribution in [0.15, 0.2) is 12.4 Å². The van der Waals surface area contributed by atoms with Gasteiger partial charge in [0.25, 0.3) is 0 Å². The van der Waals surface area contributed by atoms with Crippen molar-refractivity contribution in [1.82, 2.24) is 20.4 Å². The number of H-pyrrole nitrogens is 1. The number of nitrogens with zero attached hydrogens (tertiary/aromatic N) is 2. The topological polar surface area (TPSA) is 61.0 Å². The van der Waals surface area contributed by atoms with Gasteiger partial charge in [-0.25, -0.2) is 0 Å². The minimum Gasteiger partial charge on any atom is -0.341 e. The minimum atomic E-state index is -0.127. The molecule has 0 aromatic carbocycles. The first-order chi connectivity index (χ1) is 8.72. The molecule has 2 aliphatic rings. The van der Waals surface area contributed by atoms with E-state index in [9.17, 15) is 4.79 Å². The van der Waals surface area contributed by atoms with E-state index < -0.39 is 0 Å². The van der Waals surface area contributed by atoms with Gasteiger partial charge >= 0.3 is 0 Å². The Bertz CT molecular complexity index is 418. The molecule has 1 saturated heterocycles. The van der Waals surface area contributed by atoms with E-state index in [1.165, 1.54) is 6.42 Å². The number of carbonyl (C=O) groups excluding carboxylic acids is 1. The molecule has 0 spiro atoms. The minimum absolute atomic E-state index is 0.127. The van der Waals surface area contributed by atoms with E-state index in [4.69, 9.17) is 0 Å². The Morgan fingerprint density at radius 2 is 2.50 bits per heavy atom. The van der Waals surface area contributed by atoms with Crippen LogP contribution in [0.25, 0.3) is 0 Å². The fraction of sp³-hybridized carbons (Fsp3) is 0.692. The number of carbonyl (C=O) groups is 1. The highest BCUT2D eigenvalue weighted by molar-refractivity contribution is 5.84. The second-order valence-electron chi connectivity index (χ2n) is 5.57. The second-order valence-corrected chi connectivity index (χ2v) is 5.57. The summed E-state index contributed by atoms with van der Waals surface area (Å²) in [5.74, 6) is 0.302. The molecule has 0 unspecified atom stereocenters. The summed E-state index contributed by atoms with van der Waals surface area (Å²) < 4.78 is 0. The van der Waals surface area contributed by atoms with Crippen LogP contribution in [-0.2, 0) is 11.3 Å². The molecule has 1 aliphatic carbocycles. The Hall–Kier alpha value is -1.36. The molecule has 2 fully saturated rings. The monoisotopic (exact) mass is 248 g/mol. The summed E-state index contributed by atoms with van der Waals surface area (Å²) >= 11 is 0. The lowest BCUT2D eigenvalue weighted by Crippen LogP contribution is -2.45. The predicted molar refractivity (Wildman–Crippen MR) is 67.8 cm³/mol. The van der Waals surface area contributed by atoms with Crippen LogP contribution in [0.3, 0.4) is 0 Å². The van der Waals surface area contributed by atoms with Crippen molar-refractivity contribution in [2.75, 3.05) is 13.6 Å². The van der Waals surface area contributed by atoms with Crippen molar-refractivity contribution in [3.63, 3.8) is 0 Å². The van der Waals surface area contributed by atoms with E-state index in [1.807, 2.05) is 18.1 Å². The van der Waals surface area contributed by atoms with Crippen LogP contribution in [0.4, 0.5) is 0 Å². The van der Waals surface area contributed by atoms with E-state index in [-0.39, 0.29) is 5.41 Å². The number of hydrogen-bond acceptors (Lipinski definition) is 3. The smallest absolute Gasteiger partial charge is 0.230 e. The van der Waals surface area contributed by atoms with Crippen LogP contribution in [0.2, 0.25) is 0 Å². The maximum absolute atomic E-state index is 12.7. The van der Waals surface area contributed by atoms with E-state index in [0.717, 1.165) is 31.4 Å². The third kappa shape index (κ3) is 1.73. The van der Waals surface area contributed by atoms with Crippen molar-refractivity contribution in [3.05, 3.63) is 18.0 Å². The summed E-state index contributed by atoms with van der Waals surface area (Å²) in [6, 6.07) is 0.400. The second kappa shape index (κ2) is 4.39. The SMILES string of the molecule is CN(Cc1cn[nH]c1)C(=O)[C@]12CCC[C@H]1NCC2. The summed E-state index contributed by atoms with van der Waals surface area (Å²) in [5, 5.41) is 10.2. The zero-order valence-electron chi connectivity index (χ0n) is 10.8. The lowest BCUT2D eigenvalue weighted by Gasteiger charge is -2.32. The highest BCUT2D eigenvalue weighted by Crippen LogP contribution is 2.45. The molecule has 98 valence electrons. The molecule has 0 radical (unpaired) electrons. The van der Waals surface area contributed by atoms with Gasteiger partial charge in [-0.05, 0) is 25.8 Å². The number of aromatic amines is 1. The van der Waals surface area contributed by atoms with Crippen molar-refractivity contribution >= 4 is 5.91 Å². The molecule has 1 aromatic rings. The summed E-state index contributed by atoms with van der Waals surface area (Å²) in [5.41, 5.74) is 0.932. The zero-order chi connectivity index (χ0) is 12.6. The third-order valence-electron chi connectivity index (χ3n) is 4.49. The molecule has 1 amide bonds. The fourth-order valence-corrected chi connectivity index (χ4v) is 3.59. The molecule has 0 bridgehead atoms. The number of nitrogens with one attached hydrogen (secondary N) is 2. The molecular formula is C13H20N4O. The number of hydrogen-bond donors (Lipinski definition) is 2. The van der Waals surface area contributed by atoms with Crippen molar-refractivity contribution in [2.24, 2.45) is 5.41 Å². The highest BCUT2D eigenvalue weighted by atomic mass is 16.2. The van der Waals surface area contributed by atoms with Crippen LogP contribution in [0, 0.1) is 5.41 Å². The quantitative estimate of drug-likeness (QED) is 0.835. The average Bonchev–Trinajstić information content (AvgIpc) is 3.02. The maximum atomic E-state index is 12.7. The number of fused-ring (bicyclic) bond motifs is 1. The Morgan fingerprint density at radius 3 is 3.28 bits per heavy atom. The number of aromatic nitrogens is 2. The molecule has 2 heterocycles. The zero-order valence-corrected chi connectivity index (χ0v) is 10.8. The number of rotatable bonds is 3. The lowest BCUT2D eigenvalue weighted by atomic mass is 9.81. The van der Waals surface area contributed by atoms with Gasteiger partial charge in [0.2, 0.25) is 5.91 Å². The fourth-order valence-electron chi connectivity index (χ4n) is 3.59. The normalized spacial score (nSPS) is 30.4. The molecule has 3 rings (SSSR count). The molecular weight excluding hydrogens is 228 g/mol. The lowest BCUT2D eigenvalue weighted by molar-refractivity contribution is -0.141. The van der Waals surface area contributed by atoms with E-state index >= 15 is 0 Å². The largest absolute Gasteiger partial charge is 0.341 e. The van der Waals surface area contributed by atoms with Gasteiger partial charge in [-0.1, -0.05) is 6.42 Å². The van der Waals surface area contributed by atoms with Crippen molar-refractivity contribution in [2.45, 2.75) is 38.3 Å². The third-order valence-corrected chi connectivity index (χ3v) is 4.49.